The fourth-order valence-electron chi connectivity index (χ4n) is 4.31. The maximum Gasteiger partial charge on any atom is 0.261 e. The van der Waals surface area contributed by atoms with E-state index < -0.39 is 10.0 Å². The third-order valence-electron chi connectivity index (χ3n) is 5.73. The van der Waals surface area contributed by atoms with Gasteiger partial charge in [0, 0.05) is 57.6 Å². The van der Waals surface area contributed by atoms with Crippen molar-refractivity contribution in [1.29, 1.82) is 0 Å². The van der Waals surface area contributed by atoms with Crippen LogP contribution in [-0.2, 0) is 28.4 Å². The van der Waals surface area contributed by atoms with E-state index in [0.29, 0.717) is 54.3 Å². The number of fused-ring (bicyclic) bond motifs is 1. The van der Waals surface area contributed by atoms with E-state index in [0.717, 1.165) is 5.56 Å². The number of pyridine rings is 2. The minimum absolute atomic E-state index is 0.148. The Labute approximate surface area is 191 Å². The van der Waals surface area contributed by atoms with Gasteiger partial charge in [-0.1, -0.05) is 0 Å². The Kier molecular flexibility index (Phi) is 6.12. The van der Waals surface area contributed by atoms with Crippen LogP contribution in [0.15, 0.2) is 39.8 Å². The maximum atomic E-state index is 12.8. The van der Waals surface area contributed by atoms with Crippen LogP contribution in [0.2, 0.25) is 0 Å². The van der Waals surface area contributed by atoms with Gasteiger partial charge in [0.15, 0.2) is 0 Å². The van der Waals surface area contributed by atoms with Crippen molar-refractivity contribution in [2.45, 2.75) is 26.4 Å². The molecule has 11 heteroatoms. The van der Waals surface area contributed by atoms with Crippen LogP contribution >= 0.6 is 0 Å². The first kappa shape index (κ1) is 23.1. The molecule has 1 saturated heterocycles. The lowest BCUT2D eigenvalue weighted by Gasteiger charge is -2.37. The summed E-state index contributed by atoms with van der Waals surface area (Å²) >= 11 is 0. The number of piperazine rings is 1. The Morgan fingerprint density at radius 1 is 1.30 bits per heavy atom. The van der Waals surface area contributed by atoms with Gasteiger partial charge < -0.3 is 14.3 Å². The molecular weight excluding hydrogens is 446 g/mol. The number of nitrogens with zero attached hydrogens (tertiary/aromatic N) is 4. The number of furan rings is 1. The Balaban J connectivity index is 1.66. The van der Waals surface area contributed by atoms with E-state index >= 15 is 0 Å². The van der Waals surface area contributed by atoms with Gasteiger partial charge in [0.25, 0.3) is 5.56 Å². The van der Waals surface area contributed by atoms with Crippen LogP contribution in [0.4, 0.5) is 5.82 Å². The summed E-state index contributed by atoms with van der Waals surface area (Å²) in [6.07, 6.45) is 4.52. The Hall–Kier alpha value is -3.02. The average molecular weight is 474 g/mol. The second kappa shape index (κ2) is 8.73. The molecule has 0 spiro atoms. The van der Waals surface area contributed by atoms with Crippen molar-refractivity contribution in [2.75, 3.05) is 31.2 Å². The largest absolute Gasteiger partial charge is 0.459 e. The molecule has 4 heterocycles. The summed E-state index contributed by atoms with van der Waals surface area (Å²) in [6, 6.07) is 5.13. The predicted octanol–water partition coefficient (Wildman–Crippen LogP) is 1.62. The van der Waals surface area contributed by atoms with Crippen molar-refractivity contribution in [3.05, 3.63) is 46.7 Å². The van der Waals surface area contributed by atoms with Gasteiger partial charge in [-0.05, 0) is 30.7 Å². The van der Waals surface area contributed by atoms with Crippen LogP contribution in [0.1, 0.15) is 19.6 Å². The molecule has 1 atom stereocenters. The van der Waals surface area contributed by atoms with E-state index in [4.69, 9.17) is 4.42 Å². The van der Waals surface area contributed by atoms with Crippen LogP contribution in [0, 0.1) is 0 Å². The number of sulfonamides is 1. The molecule has 0 saturated carbocycles. The van der Waals surface area contributed by atoms with Gasteiger partial charge in [-0.25, -0.2) is 13.4 Å². The van der Waals surface area contributed by atoms with Gasteiger partial charge in [0.05, 0.1) is 18.2 Å². The number of aryl methyl sites for hydroxylation is 1. The second-order valence-corrected chi connectivity index (χ2v) is 10.4. The zero-order valence-corrected chi connectivity index (χ0v) is 19.8. The van der Waals surface area contributed by atoms with Gasteiger partial charge >= 0.3 is 0 Å². The summed E-state index contributed by atoms with van der Waals surface area (Å²) in [5.41, 5.74) is 1.76. The molecule has 4 rings (SSSR count). The first-order valence-electron chi connectivity index (χ1n) is 10.6. The predicted molar refractivity (Wildman–Crippen MR) is 125 cm³/mol. The number of hydrogen-bond acceptors (Lipinski definition) is 7. The molecule has 1 amide bonds. The molecule has 0 aliphatic carbocycles. The van der Waals surface area contributed by atoms with E-state index in [1.807, 2.05) is 6.92 Å². The molecule has 3 aromatic rings. The molecule has 1 unspecified atom stereocenters. The summed E-state index contributed by atoms with van der Waals surface area (Å²) in [6.45, 7) is 5.32. The Morgan fingerprint density at radius 2 is 2.06 bits per heavy atom. The van der Waals surface area contributed by atoms with Crippen molar-refractivity contribution < 1.29 is 17.6 Å². The Bertz CT molecular complexity index is 1380. The first-order valence-corrected chi connectivity index (χ1v) is 12.4. The SMILES string of the molecule is CC(=O)Nc1cc(-c2cn(C)c(=O)c3cc(CN4CCN(S(C)(=O)=O)C(C)C4)oc23)ccn1. The summed E-state index contributed by atoms with van der Waals surface area (Å²) in [4.78, 5) is 30.5. The number of aromatic nitrogens is 2. The third-order valence-corrected chi connectivity index (χ3v) is 7.13. The lowest BCUT2D eigenvalue weighted by atomic mass is 10.1. The minimum Gasteiger partial charge on any atom is -0.459 e. The molecule has 1 N–H and O–H groups in total. The molecule has 0 radical (unpaired) electrons. The van der Waals surface area contributed by atoms with Gasteiger partial charge in [-0.3, -0.25) is 14.5 Å². The van der Waals surface area contributed by atoms with Crippen LogP contribution in [-0.4, -0.2) is 65.0 Å². The topological polar surface area (TPSA) is 118 Å². The van der Waals surface area contributed by atoms with E-state index in [1.54, 1.807) is 37.6 Å². The molecule has 1 aliphatic rings. The lowest BCUT2D eigenvalue weighted by Crippen LogP contribution is -2.53. The lowest BCUT2D eigenvalue weighted by molar-refractivity contribution is -0.114. The van der Waals surface area contributed by atoms with Gasteiger partial charge in [0.2, 0.25) is 15.9 Å². The van der Waals surface area contributed by atoms with Gasteiger partial charge in [0.1, 0.15) is 17.2 Å². The number of rotatable bonds is 5. The van der Waals surface area contributed by atoms with Crippen molar-refractivity contribution in [1.82, 2.24) is 18.8 Å². The fraction of sp³-hybridized carbons (Fsp3) is 0.409. The quantitative estimate of drug-likeness (QED) is 0.598. The molecule has 176 valence electrons. The fourth-order valence-corrected chi connectivity index (χ4v) is 5.44. The van der Waals surface area contributed by atoms with Crippen molar-refractivity contribution >= 4 is 32.7 Å². The van der Waals surface area contributed by atoms with Gasteiger partial charge in [-0.15, -0.1) is 0 Å². The highest BCUT2D eigenvalue weighted by Crippen LogP contribution is 2.30. The zero-order valence-electron chi connectivity index (χ0n) is 19.0. The average Bonchev–Trinajstić information content (AvgIpc) is 3.13. The molecule has 1 fully saturated rings. The number of anilines is 1. The standard InChI is InChI=1S/C22H27N5O5S/c1-14-11-26(7-8-27(14)33(4,30)31)12-17-10-18-21(32-17)19(13-25(3)22(18)29)16-5-6-23-20(9-16)24-15(2)28/h5-6,9-10,13-14H,7-8,11-12H2,1-4H3,(H,23,24,28). The molecule has 0 bridgehead atoms. The summed E-state index contributed by atoms with van der Waals surface area (Å²) in [5, 5.41) is 3.13. The maximum absolute atomic E-state index is 12.8. The number of hydrogen-bond donors (Lipinski definition) is 1. The van der Waals surface area contributed by atoms with Crippen LogP contribution in [0.5, 0.6) is 0 Å². The normalized spacial score (nSPS) is 18.0. The third kappa shape index (κ3) is 4.85. The second-order valence-electron chi connectivity index (χ2n) is 8.48. The molecular formula is C22H27N5O5S. The highest BCUT2D eigenvalue weighted by Gasteiger charge is 2.30. The van der Waals surface area contributed by atoms with E-state index in [9.17, 15) is 18.0 Å². The Morgan fingerprint density at radius 3 is 2.73 bits per heavy atom. The molecule has 0 aromatic carbocycles. The van der Waals surface area contributed by atoms with Crippen molar-refractivity contribution in [3.63, 3.8) is 0 Å². The monoisotopic (exact) mass is 473 g/mol. The molecule has 10 nitrogen and oxygen atoms in total. The van der Waals surface area contributed by atoms with Gasteiger partial charge in [-0.2, -0.15) is 4.31 Å². The summed E-state index contributed by atoms with van der Waals surface area (Å²) < 4.78 is 33.0. The number of amides is 1. The van der Waals surface area contributed by atoms with Crippen molar-refractivity contribution in [3.8, 4) is 11.1 Å². The number of nitrogens with one attached hydrogen (secondary N) is 1. The summed E-state index contributed by atoms with van der Waals surface area (Å²) in [5.74, 6) is 0.813. The summed E-state index contributed by atoms with van der Waals surface area (Å²) in [7, 11) is -1.56. The molecule has 33 heavy (non-hydrogen) atoms. The van der Waals surface area contributed by atoms with Crippen LogP contribution in [0.25, 0.3) is 22.1 Å². The highest BCUT2D eigenvalue weighted by molar-refractivity contribution is 7.88. The van der Waals surface area contributed by atoms with E-state index in [1.165, 1.54) is 22.1 Å². The van der Waals surface area contributed by atoms with Crippen molar-refractivity contribution in [2.24, 2.45) is 7.05 Å². The smallest absolute Gasteiger partial charge is 0.261 e. The van der Waals surface area contributed by atoms with E-state index in [2.05, 4.69) is 15.2 Å². The number of carbonyl (C=O) groups excluding carboxylic acids is 1. The molecule has 1 aliphatic heterocycles. The zero-order chi connectivity index (χ0) is 23.9. The molecule has 3 aromatic heterocycles. The van der Waals surface area contributed by atoms with E-state index in [-0.39, 0.29) is 17.5 Å². The first-order chi connectivity index (χ1) is 15.5. The number of carbonyl (C=O) groups is 1. The van der Waals surface area contributed by atoms with Crippen LogP contribution < -0.4 is 10.9 Å². The van der Waals surface area contributed by atoms with Crippen LogP contribution in [0.3, 0.4) is 0 Å². The minimum atomic E-state index is -3.24. The highest BCUT2D eigenvalue weighted by atomic mass is 32.2.